The second kappa shape index (κ2) is 10.7. The van der Waals surface area contributed by atoms with Gasteiger partial charge in [-0.3, -0.25) is 4.79 Å². The Kier molecular flexibility index (Phi) is 7.53. The molecule has 38 heavy (non-hydrogen) atoms. The summed E-state index contributed by atoms with van der Waals surface area (Å²) < 4.78 is 52.5. The van der Waals surface area contributed by atoms with Gasteiger partial charge in [0.1, 0.15) is 0 Å². The number of carbonyl (C=O) groups is 1. The summed E-state index contributed by atoms with van der Waals surface area (Å²) in [7, 11) is 1.37. The van der Waals surface area contributed by atoms with Gasteiger partial charge in [0, 0.05) is 15.6 Å². The number of halogens is 4. The number of rotatable bonds is 7. The predicted octanol–water partition coefficient (Wildman–Crippen LogP) is 5.59. The maximum atomic E-state index is 13.4. The van der Waals surface area contributed by atoms with E-state index < -0.39 is 29.4 Å². The number of carboxylic acid groups (broad SMARTS) is 1. The number of nitrogens with zero attached hydrogens (tertiary/aromatic N) is 3. The number of alkyl halides is 3. The Morgan fingerprint density at radius 3 is 2.58 bits per heavy atom. The van der Waals surface area contributed by atoms with Crippen molar-refractivity contribution in [3.8, 4) is 22.9 Å². The molecular weight excluding hydrogens is 571 g/mol. The fourth-order valence-electron chi connectivity index (χ4n) is 3.56. The highest BCUT2D eigenvalue weighted by Crippen LogP contribution is 2.35. The van der Waals surface area contributed by atoms with Gasteiger partial charge in [0.15, 0.2) is 23.4 Å². The van der Waals surface area contributed by atoms with Gasteiger partial charge >= 0.3 is 12.1 Å². The second-order valence-electron chi connectivity index (χ2n) is 8.02. The van der Waals surface area contributed by atoms with Gasteiger partial charge < -0.3 is 14.6 Å². The first-order chi connectivity index (χ1) is 18.0. The fourth-order valence-corrected chi connectivity index (χ4v) is 4.02. The molecule has 1 atom stereocenters. The highest BCUT2D eigenvalue weighted by atomic mass is 79.9. The van der Waals surface area contributed by atoms with Crippen LogP contribution in [0.2, 0.25) is 0 Å². The van der Waals surface area contributed by atoms with Crippen molar-refractivity contribution in [2.45, 2.75) is 19.2 Å². The summed E-state index contributed by atoms with van der Waals surface area (Å²) in [6, 6.07) is 13.9. The molecule has 0 unspecified atom stereocenters. The lowest BCUT2D eigenvalue weighted by atomic mass is 10.1. The lowest BCUT2D eigenvalue weighted by Crippen LogP contribution is -2.24. The van der Waals surface area contributed by atoms with Crippen molar-refractivity contribution in [2.24, 2.45) is 5.10 Å². The number of benzene rings is 3. The van der Waals surface area contributed by atoms with E-state index in [1.165, 1.54) is 38.4 Å². The van der Waals surface area contributed by atoms with Crippen LogP contribution in [-0.2, 0) is 11.0 Å². The van der Waals surface area contributed by atoms with Gasteiger partial charge in [-0.15, -0.1) is 0 Å². The maximum Gasteiger partial charge on any atom is 0.416 e. The molecule has 4 aromatic rings. The second-order valence-corrected chi connectivity index (χ2v) is 8.93. The van der Waals surface area contributed by atoms with Gasteiger partial charge in [0.25, 0.3) is 5.56 Å². The van der Waals surface area contributed by atoms with Gasteiger partial charge in [-0.2, -0.15) is 22.9 Å². The number of aliphatic carboxylic acids is 1. The third-order valence-corrected chi connectivity index (χ3v) is 5.88. The van der Waals surface area contributed by atoms with Crippen LogP contribution in [0.1, 0.15) is 18.1 Å². The van der Waals surface area contributed by atoms with Gasteiger partial charge in [-0.1, -0.05) is 40.2 Å². The predicted molar refractivity (Wildman–Crippen MR) is 138 cm³/mol. The van der Waals surface area contributed by atoms with Crippen molar-refractivity contribution in [1.29, 1.82) is 0 Å². The number of aromatic nitrogens is 2. The molecule has 8 nitrogen and oxygen atoms in total. The highest BCUT2D eigenvalue weighted by Gasteiger charge is 2.31. The van der Waals surface area contributed by atoms with E-state index in [4.69, 9.17) is 9.47 Å². The molecule has 4 rings (SSSR count). The Hall–Kier alpha value is -4.19. The maximum absolute atomic E-state index is 13.4. The van der Waals surface area contributed by atoms with Crippen molar-refractivity contribution >= 4 is 39.0 Å². The topological polar surface area (TPSA) is 103 Å². The lowest BCUT2D eigenvalue weighted by Gasteiger charge is -2.16. The molecule has 1 heterocycles. The Morgan fingerprint density at radius 2 is 1.89 bits per heavy atom. The van der Waals surface area contributed by atoms with E-state index in [-0.39, 0.29) is 39.4 Å². The minimum atomic E-state index is -4.61. The molecule has 0 spiro atoms. The van der Waals surface area contributed by atoms with Crippen molar-refractivity contribution in [3.05, 3.63) is 86.6 Å². The van der Waals surface area contributed by atoms with Crippen LogP contribution in [0.5, 0.6) is 11.5 Å². The standard InChI is InChI=1S/C26H19BrF3N3O5/c1-14(25(35)36)38-22-16(11-18(27)12-21(22)37-2)13-31-33-23(15-6-5-7-17(10-15)26(28,29)30)32-20-9-4-3-8-19(20)24(33)34/h3-14H,1-2H3,(H,35,36)/t14-/m0/s1. The summed E-state index contributed by atoms with van der Waals surface area (Å²) in [4.78, 5) is 29.2. The molecule has 3 aromatic carbocycles. The molecule has 0 aliphatic heterocycles. The molecule has 1 N–H and O–H groups in total. The Balaban J connectivity index is 1.94. The normalized spacial score (nSPS) is 12.6. The zero-order valence-corrected chi connectivity index (χ0v) is 21.4. The minimum Gasteiger partial charge on any atom is -0.493 e. The van der Waals surface area contributed by atoms with Crippen LogP contribution < -0.4 is 15.0 Å². The van der Waals surface area contributed by atoms with Crippen molar-refractivity contribution in [3.63, 3.8) is 0 Å². The van der Waals surface area contributed by atoms with Crippen LogP contribution in [-0.4, -0.2) is 40.2 Å². The van der Waals surface area contributed by atoms with Gasteiger partial charge in [0.2, 0.25) is 0 Å². The van der Waals surface area contributed by atoms with Crippen LogP contribution in [0, 0.1) is 0 Å². The van der Waals surface area contributed by atoms with Gasteiger partial charge in [-0.05, 0) is 43.3 Å². The average Bonchev–Trinajstić information content (AvgIpc) is 2.88. The third kappa shape index (κ3) is 5.54. The van der Waals surface area contributed by atoms with E-state index in [0.29, 0.717) is 4.47 Å². The summed E-state index contributed by atoms with van der Waals surface area (Å²) in [5, 5.41) is 13.7. The largest absolute Gasteiger partial charge is 0.493 e. The number of methoxy groups -OCH3 is 1. The number of fused-ring (bicyclic) bond motifs is 1. The van der Waals surface area contributed by atoms with Crippen molar-refractivity contribution in [1.82, 2.24) is 9.66 Å². The smallest absolute Gasteiger partial charge is 0.416 e. The molecule has 0 radical (unpaired) electrons. The summed E-state index contributed by atoms with van der Waals surface area (Å²) in [5.41, 5.74) is -1.01. The molecule has 0 aliphatic rings. The first kappa shape index (κ1) is 26.9. The van der Waals surface area contributed by atoms with Crippen LogP contribution in [0.3, 0.4) is 0 Å². The molecule has 1 aromatic heterocycles. The number of para-hydroxylation sites is 1. The summed E-state index contributed by atoms with van der Waals surface area (Å²) in [6.07, 6.45) is -4.64. The quantitative estimate of drug-likeness (QED) is 0.282. The van der Waals surface area contributed by atoms with Crippen LogP contribution in [0.15, 0.2) is 75.0 Å². The Morgan fingerprint density at radius 1 is 1.16 bits per heavy atom. The molecule has 0 saturated heterocycles. The molecule has 0 bridgehead atoms. The fraction of sp³-hybridized carbons (Fsp3) is 0.154. The molecule has 0 fully saturated rings. The van der Waals surface area contributed by atoms with E-state index in [1.54, 1.807) is 30.3 Å². The Bertz CT molecular complexity index is 1620. The SMILES string of the molecule is COc1cc(Br)cc(C=Nn2c(-c3cccc(C(F)(F)F)c3)nc3ccccc3c2=O)c1O[C@@H](C)C(=O)O. The van der Waals surface area contributed by atoms with E-state index in [9.17, 15) is 27.9 Å². The minimum absolute atomic E-state index is 0.0163. The lowest BCUT2D eigenvalue weighted by molar-refractivity contribution is -0.144. The number of hydrogen-bond donors (Lipinski definition) is 1. The molecule has 12 heteroatoms. The molecule has 196 valence electrons. The summed E-state index contributed by atoms with van der Waals surface area (Å²) in [5.74, 6) is -1.12. The van der Waals surface area contributed by atoms with Gasteiger partial charge in [0.05, 0.1) is 29.8 Å². The van der Waals surface area contributed by atoms with E-state index in [0.717, 1.165) is 16.8 Å². The number of ether oxygens (including phenoxy) is 2. The molecule has 0 amide bonds. The molecular formula is C26H19BrF3N3O5. The van der Waals surface area contributed by atoms with E-state index >= 15 is 0 Å². The summed E-state index contributed by atoms with van der Waals surface area (Å²) in [6.45, 7) is 1.33. The zero-order chi connectivity index (χ0) is 27.6. The number of carboxylic acids is 1. The Labute approximate surface area is 222 Å². The third-order valence-electron chi connectivity index (χ3n) is 5.42. The summed E-state index contributed by atoms with van der Waals surface area (Å²) >= 11 is 3.33. The van der Waals surface area contributed by atoms with E-state index in [2.05, 4.69) is 26.0 Å². The first-order valence-electron chi connectivity index (χ1n) is 11.0. The highest BCUT2D eigenvalue weighted by molar-refractivity contribution is 9.10. The number of hydrogen-bond acceptors (Lipinski definition) is 6. The van der Waals surface area contributed by atoms with E-state index in [1.807, 2.05) is 0 Å². The van der Waals surface area contributed by atoms with Crippen molar-refractivity contribution in [2.75, 3.05) is 7.11 Å². The van der Waals surface area contributed by atoms with Crippen LogP contribution >= 0.6 is 15.9 Å². The van der Waals surface area contributed by atoms with Crippen LogP contribution in [0.4, 0.5) is 13.2 Å². The van der Waals surface area contributed by atoms with Gasteiger partial charge in [-0.25, -0.2) is 9.78 Å². The van der Waals surface area contributed by atoms with Crippen molar-refractivity contribution < 1.29 is 32.5 Å². The molecule has 0 saturated carbocycles. The van der Waals surface area contributed by atoms with Crippen LogP contribution in [0.25, 0.3) is 22.3 Å². The molecule has 0 aliphatic carbocycles. The average molecular weight is 590 g/mol. The zero-order valence-electron chi connectivity index (χ0n) is 19.9. The first-order valence-corrected chi connectivity index (χ1v) is 11.8. The monoisotopic (exact) mass is 589 g/mol.